The van der Waals surface area contributed by atoms with E-state index in [0.29, 0.717) is 11.3 Å². The highest BCUT2D eigenvalue weighted by Crippen LogP contribution is 2.26. The summed E-state index contributed by atoms with van der Waals surface area (Å²) in [5, 5.41) is 17.6. The molecule has 3 aromatic rings. The van der Waals surface area contributed by atoms with Gasteiger partial charge < -0.3 is 5.11 Å². The molecule has 0 fully saturated rings. The third kappa shape index (κ3) is 2.46. The number of carboxylic acids is 1. The molecule has 0 radical (unpaired) electrons. The van der Waals surface area contributed by atoms with Gasteiger partial charge in [-0.25, -0.2) is 9.78 Å². The van der Waals surface area contributed by atoms with E-state index in [2.05, 4.69) is 15.2 Å². The van der Waals surface area contributed by atoms with Crippen LogP contribution < -0.4 is 0 Å². The van der Waals surface area contributed by atoms with Gasteiger partial charge in [0.2, 0.25) is 0 Å². The number of fused-ring (bicyclic) bond motifs is 1. The fourth-order valence-corrected chi connectivity index (χ4v) is 2.15. The van der Waals surface area contributed by atoms with Crippen LogP contribution in [0.15, 0.2) is 52.8 Å². The number of aromatic carboxylic acids is 1. The van der Waals surface area contributed by atoms with E-state index in [0.717, 1.165) is 11.1 Å². The molecule has 22 heavy (non-hydrogen) atoms. The number of carbonyl (C=O) groups is 1. The number of rotatable bonds is 3. The minimum Gasteiger partial charge on any atom is -0.476 e. The van der Waals surface area contributed by atoms with E-state index in [1.807, 2.05) is 32.0 Å². The van der Waals surface area contributed by atoms with Gasteiger partial charge in [-0.2, -0.15) is 0 Å². The molecule has 0 aliphatic carbocycles. The van der Waals surface area contributed by atoms with Crippen molar-refractivity contribution in [3.63, 3.8) is 0 Å². The molecule has 0 aliphatic heterocycles. The van der Waals surface area contributed by atoms with Gasteiger partial charge in [-0.05, 0) is 43.2 Å². The lowest BCUT2D eigenvalue weighted by atomic mass is 10.1. The molecule has 1 N–H and O–H groups in total. The third-order valence-electron chi connectivity index (χ3n) is 3.32. The second-order valence-corrected chi connectivity index (χ2v) is 5.01. The number of carboxylic acid groups (broad SMARTS) is 1. The number of benzene rings is 1. The smallest absolute Gasteiger partial charge is 0.358 e. The maximum Gasteiger partial charge on any atom is 0.358 e. The van der Waals surface area contributed by atoms with Gasteiger partial charge in [-0.1, -0.05) is 18.2 Å². The Balaban J connectivity index is 2.13. The van der Waals surface area contributed by atoms with Crippen LogP contribution in [0.2, 0.25) is 0 Å². The lowest BCUT2D eigenvalue weighted by Gasteiger charge is -2.00. The van der Waals surface area contributed by atoms with Crippen molar-refractivity contribution in [2.75, 3.05) is 0 Å². The zero-order valence-electron chi connectivity index (χ0n) is 12.2. The van der Waals surface area contributed by atoms with Crippen LogP contribution in [0.3, 0.4) is 0 Å². The van der Waals surface area contributed by atoms with Crippen molar-refractivity contribution in [3.8, 4) is 0 Å². The van der Waals surface area contributed by atoms with E-state index in [4.69, 9.17) is 0 Å². The van der Waals surface area contributed by atoms with Gasteiger partial charge in [-0.3, -0.25) is 4.40 Å². The Morgan fingerprint density at radius 1 is 1.18 bits per heavy atom. The summed E-state index contributed by atoms with van der Waals surface area (Å²) < 4.78 is 1.61. The first-order valence-electron chi connectivity index (χ1n) is 6.75. The quantitative estimate of drug-likeness (QED) is 0.739. The second-order valence-electron chi connectivity index (χ2n) is 5.01. The van der Waals surface area contributed by atoms with Crippen LogP contribution in [0.5, 0.6) is 0 Å². The molecule has 6 nitrogen and oxygen atoms in total. The van der Waals surface area contributed by atoms with Gasteiger partial charge in [0, 0.05) is 6.20 Å². The lowest BCUT2D eigenvalue weighted by molar-refractivity contribution is 0.0692. The van der Waals surface area contributed by atoms with Crippen molar-refractivity contribution in [2.24, 2.45) is 10.2 Å². The van der Waals surface area contributed by atoms with Crippen LogP contribution in [0, 0.1) is 13.8 Å². The molecule has 0 saturated heterocycles. The van der Waals surface area contributed by atoms with Crippen molar-refractivity contribution in [1.82, 2.24) is 9.38 Å². The molecule has 0 aliphatic rings. The van der Waals surface area contributed by atoms with Gasteiger partial charge in [-0.15, -0.1) is 10.2 Å². The molecule has 0 spiro atoms. The molecule has 0 saturated carbocycles. The Morgan fingerprint density at radius 3 is 2.77 bits per heavy atom. The number of azo groups is 1. The van der Waals surface area contributed by atoms with Crippen LogP contribution in [0.1, 0.15) is 21.6 Å². The number of aromatic nitrogens is 2. The van der Waals surface area contributed by atoms with Gasteiger partial charge >= 0.3 is 5.97 Å². The standard InChI is InChI=1S/C16H14N4O2/c1-10-6-7-11(2)12(9-10)18-19-15-14(16(21)22)17-13-5-3-4-8-20(13)15/h3-9H,1-2H3,(H,21,22). The van der Waals surface area contributed by atoms with Crippen molar-refractivity contribution < 1.29 is 9.90 Å². The van der Waals surface area contributed by atoms with Crippen LogP contribution in [-0.2, 0) is 0 Å². The monoisotopic (exact) mass is 294 g/mol. The molecule has 2 heterocycles. The van der Waals surface area contributed by atoms with Gasteiger partial charge in [0.05, 0.1) is 5.69 Å². The molecular formula is C16H14N4O2. The van der Waals surface area contributed by atoms with Crippen LogP contribution in [0.25, 0.3) is 5.65 Å². The normalized spacial score (nSPS) is 11.4. The SMILES string of the molecule is Cc1ccc(C)c(N=Nc2c(C(=O)O)nc3ccccn23)c1. The molecule has 1 aromatic carbocycles. The first-order chi connectivity index (χ1) is 10.6. The van der Waals surface area contributed by atoms with Crippen LogP contribution in [-0.4, -0.2) is 20.5 Å². The largest absolute Gasteiger partial charge is 0.476 e. The maximum absolute atomic E-state index is 11.3. The number of imidazole rings is 1. The second kappa shape index (κ2) is 5.40. The predicted octanol–water partition coefficient (Wildman–Crippen LogP) is 4.06. The lowest BCUT2D eigenvalue weighted by Crippen LogP contribution is -1.96. The summed E-state index contributed by atoms with van der Waals surface area (Å²) in [6.45, 7) is 3.90. The number of pyridine rings is 1. The van der Waals surface area contributed by atoms with Gasteiger partial charge in [0.15, 0.2) is 11.5 Å². The number of nitrogens with zero attached hydrogens (tertiary/aromatic N) is 4. The van der Waals surface area contributed by atoms with E-state index in [1.165, 1.54) is 0 Å². The van der Waals surface area contributed by atoms with E-state index in [9.17, 15) is 9.90 Å². The number of hydrogen-bond acceptors (Lipinski definition) is 4. The molecule has 0 unspecified atom stereocenters. The van der Waals surface area contributed by atoms with E-state index in [-0.39, 0.29) is 11.5 Å². The molecule has 3 rings (SSSR count). The molecule has 0 bridgehead atoms. The van der Waals surface area contributed by atoms with Crippen molar-refractivity contribution in [3.05, 3.63) is 59.4 Å². The minimum absolute atomic E-state index is 0.111. The van der Waals surface area contributed by atoms with Crippen molar-refractivity contribution >= 4 is 23.1 Å². The molecule has 110 valence electrons. The topological polar surface area (TPSA) is 79.3 Å². The minimum atomic E-state index is -1.13. The Bertz CT molecular complexity index is 896. The zero-order chi connectivity index (χ0) is 15.7. The molecule has 0 atom stereocenters. The Kier molecular flexibility index (Phi) is 3.42. The van der Waals surface area contributed by atoms with E-state index < -0.39 is 5.97 Å². The van der Waals surface area contributed by atoms with Crippen LogP contribution >= 0.6 is 0 Å². The third-order valence-corrected chi connectivity index (χ3v) is 3.32. The van der Waals surface area contributed by atoms with Crippen molar-refractivity contribution in [2.45, 2.75) is 13.8 Å². The first-order valence-corrected chi connectivity index (χ1v) is 6.75. The fourth-order valence-electron chi connectivity index (χ4n) is 2.15. The summed E-state index contributed by atoms with van der Waals surface area (Å²) >= 11 is 0. The van der Waals surface area contributed by atoms with Gasteiger partial charge in [0.1, 0.15) is 5.65 Å². The highest BCUT2D eigenvalue weighted by Gasteiger charge is 2.17. The summed E-state index contributed by atoms with van der Waals surface area (Å²) in [4.78, 5) is 15.4. The highest BCUT2D eigenvalue weighted by molar-refractivity contribution is 5.91. The predicted molar refractivity (Wildman–Crippen MR) is 82.2 cm³/mol. The maximum atomic E-state index is 11.3. The number of hydrogen-bond donors (Lipinski definition) is 1. The first kappa shape index (κ1) is 13.9. The summed E-state index contributed by atoms with van der Waals surface area (Å²) in [6, 6.07) is 11.2. The zero-order valence-corrected chi connectivity index (χ0v) is 12.2. The van der Waals surface area contributed by atoms with Crippen molar-refractivity contribution in [1.29, 1.82) is 0 Å². The molecule has 6 heteroatoms. The average Bonchev–Trinajstić information content (AvgIpc) is 2.87. The summed E-state index contributed by atoms with van der Waals surface area (Å²) in [5.74, 6) is -0.914. The molecule has 0 amide bonds. The Morgan fingerprint density at radius 2 is 2.00 bits per heavy atom. The van der Waals surface area contributed by atoms with E-state index >= 15 is 0 Å². The number of aryl methyl sites for hydroxylation is 2. The average molecular weight is 294 g/mol. The Labute approximate surface area is 126 Å². The summed E-state index contributed by atoms with van der Waals surface area (Å²) in [7, 11) is 0. The fraction of sp³-hybridized carbons (Fsp3) is 0.125. The Hall–Kier alpha value is -3.02. The molecule has 2 aromatic heterocycles. The van der Waals surface area contributed by atoms with Crippen LogP contribution in [0.4, 0.5) is 11.5 Å². The summed E-state index contributed by atoms with van der Waals surface area (Å²) in [5.41, 5.74) is 3.16. The van der Waals surface area contributed by atoms with E-state index in [1.54, 1.807) is 28.8 Å². The highest BCUT2D eigenvalue weighted by atomic mass is 16.4. The van der Waals surface area contributed by atoms with Gasteiger partial charge in [0.25, 0.3) is 0 Å². The molecular weight excluding hydrogens is 280 g/mol. The summed E-state index contributed by atoms with van der Waals surface area (Å²) in [6.07, 6.45) is 1.71.